The Balaban J connectivity index is 1.77. The Labute approximate surface area is 125 Å². The molecule has 0 spiro atoms. The minimum Gasteiger partial charge on any atom is -0.485 e. The number of hydrogen-bond acceptors (Lipinski definition) is 4. The minimum atomic E-state index is 0.468. The molecule has 5 heteroatoms. The number of nitrogens with two attached hydrogens (primary N) is 1. The van der Waals surface area contributed by atoms with E-state index in [9.17, 15) is 0 Å². The van der Waals surface area contributed by atoms with Gasteiger partial charge in [-0.25, -0.2) is 0 Å². The van der Waals surface area contributed by atoms with Gasteiger partial charge in [0.05, 0.1) is 0 Å². The summed E-state index contributed by atoms with van der Waals surface area (Å²) < 4.78 is 8.25. The number of ether oxygens (including phenoxy) is 1. The van der Waals surface area contributed by atoms with Gasteiger partial charge in [-0.3, -0.25) is 0 Å². The first kappa shape index (κ1) is 14.1. The molecule has 5 nitrogen and oxygen atoms in total. The fourth-order valence-electron chi connectivity index (χ4n) is 2.88. The first-order valence-corrected chi connectivity index (χ1v) is 7.62. The van der Waals surface area contributed by atoms with Gasteiger partial charge in [-0.1, -0.05) is 18.2 Å². The van der Waals surface area contributed by atoms with E-state index in [-0.39, 0.29) is 0 Å². The molecule has 0 amide bonds. The van der Waals surface area contributed by atoms with Gasteiger partial charge in [0.25, 0.3) is 0 Å². The second kappa shape index (κ2) is 6.26. The van der Waals surface area contributed by atoms with Crippen molar-refractivity contribution in [1.82, 2.24) is 14.8 Å². The molecule has 112 valence electrons. The smallest absolute Gasteiger partial charge is 0.171 e. The van der Waals surface area contributed by atoms with E-state index in [4.69, 9.17) is 10.5 Å². The molecule has 0 unspecified atom stereocenters. The fourth-order valence-corrected chi connectivity index (χ4v) is 2.88. The van der Waals surface area contributed by atoms with Gasteiger partial charge in [-0.05, 0) is 43.9 Å². The van der Waals surface area contributed by atoms with Gasteiger partial charge in [-0.2, -0.15) is 0 Å². The number of benzene rings is 1. The first-order chi connectivity index (χ1) is 10.3. The molecule has 2 N–H and O–H groups in total. The van der Waals surface area contributed by atoms with Crippen LogP contribution in [0.25, 0.3) is 0 Å². The predicted octanol–water partition coefficient (Wildman–Crippen LogP) is 2.00. The first-order valence-electron chi connectivity index (χ1n) is 7.62. The summed E-state index contributed by atoms with van der Waals surface area (Å²) in [6.07, 6.45) is 4.25. The number of para-hydroxylation sites is 1. The summed E-state index contributed by atoms with van der Waals surface area (Å²) >= 11 is 0. The maximum Gasteiger partial charge on any atom is 0.171 e. The summed E-state index contributed by atoms with van der Waals surface area (Å²) in [6, 6.07) is 6.19. The minimum absolute atomic E-state index is 0.468. The van der Waals surface area contributed by atoms with Crippen LogP contribution < -0.4 is 10.5 Å². The number of aryl methyl sites for hydroxylation is 2. The van der Waals surface area contributed by atoms with Crippen LogP contribution in [0.4, 0.5) is 0 Å². The topological polar surface area (TPSA) is 66.0 Å². The van der Waals surface area contributed by atoms with Crippen molar-refractivity contribution in [2.45, 2.75) is 45.8 Å². The van der Waals surface area contributed by atoms with Gasteiger partial charge in [-0.15, -0.1) is 10.2 Å². The quantitative estimate of drug-likeness (QED) is 0.913. The second-order valence-corrected chi connectivity index (χ2v) is 5.53. The zero-order valence-corrected chi connectivity index (χ0v) is 12.5. The zero-order valence-electron chi connectivity index (χ0n) is 12.5. The van der Waals surface area contributed by atoms with Crippen LogP contribution in [-0.4, -0.2) is 21.3 Å². The molecule has 2 heterocycles. The van der Waals surface area contributed by atoms with Crippen molar-refractivity contribution in [2.75, 3.05) is 6.54 Å². The average Bonchev–Trinajstić information content (AvgIpc) is 2.90. The van der Waals surface area contributed by atoms with Crippen LogP contribution in [0.2, 0.25) is 0 Å². The molecule has 2 aromatic rings. The van der Waals surface area contributed by atoms with Gasteiger partial charge in [0.15, 0.2) is 5.82 Å². The third-order valence-electron chi connectivity index (χ3n) is 3.99. The maximum absolute atomic E-state index is 6.05. The Hall–Kier alpha value is -1.88. The SMILES string of the molecule is Cc1cccc(CCN)c1OCc1nnc2n1CCCC2. The highest BCUT2D eigenvalue weighted by molar-refractivity contribution is 5.41. The molecule has 1 aliphatic heterocycles. The second-order valence-electron chi connectivity index (χ2n) is 5.53. The van der Waals surface area contributed by atoms with Crippen LogP contribution in [-0.2, 0) is 26.0 Å². The molecule has 1 aromatic heterocycles. The van der Waals surface area contributed by atoms with Crippen LogP contribution in [0.1, 0.15) is 35.6 Å². The van der Waals surface area contributed by atoms with Crippen molar-refractivity contribution in [3.05, 3.63) is 41.0 Å². The largest absolute Gasteiger partial charge is 0.485 e. The van der Waals surface area contributed by atoms with E-state index in [1.807, 2.05) is 6.07 Å². The van der Waals surface area contributed by atoms with Crippen molar-refractivity contribution in [1.29, 1.82) is 0 Å². The molecule has 1 aliphatic rings. The molecule has 0 aliphatic carbocycles. The summed E-state index contributed by atoms with van der Waals surface area (Å²) in [6.45, 7) is 4.16. The molecule has 0 atom stereocenters. The lowest BCUT2D eigenvalue weighted by atomic mass is 10.1. The summed E-state index contributed by atoms with van der Waals surface area (Å²) in [5.41, 5.74) is 7.98. The average molecular weight is 286 g/mol. The van der Waals surface area contributed by atoms with Gasteiger partial charge in [0, 0.05) is 13.0 Å². The number of aromatic nitrogens is 3. The van der Waals surface area contributed by atoms with Crippen LogP contribution in [0.5, 0.6) is 5.75 Å². The number of nitrogens with zero attached hydrogens (tertiary/aromatic N) is 3. The Bertz CT molecular complexity index is 621. The lowest BCUT2D eigenvalue weighted by molar-refractivity contribution is 0.281. The molecule has 0 fully saturated rings. The number of hydrogen-bond donors (Lipinski definition) is 1. The summed E-state index contributed by atoms with van der Waals surface area (Å²) in [4.78, 5) is 0. The molecular weight excluding hydrogens is 264 g/mol. The van der Waals surface area contributed by atoms with Crippen LogP contribution in [0.15, 0.2) is 18.2 Å². The number of fused-ring (bicyclic) bond motifs is 1. The normalized spacial score (nSPS) is 14.0. The molecule has 21 heavy (non-hydrogen) atoms. The predicted molar refractivity (Wildman–Crippen MR) is 81.2 cm³/mol. The molecule has 3 rings (SSSR count). The summed E-state index contributed by atoms with van der Waals surface area (Å²) in [5, 5.41) is 8.54. The number of rotatable bonds is 5. The standard InChI is InChI=1S/C16H22N4O/c1-12-5-4-6-13(8-9-17)16(12)21-11-15-19-18-14-7-2-3-10-20(14)15/h4-6H,2-3,7-11,17H2,1H3. The van der Waals surface area contributed by atoms with Crippen molar-refractivity contribution < 1.29 is 4.74 Å². The highest BCUT2D eigenvalue weighted by Crippen LogP contribution is 2.25. The van der Waals surface area contributed by atoms with E-state index in [1.165, 1.54) is 12.8 Å². The molecule has 0 radical (unpaired) electrons. The van der Waals surface area contributed by atoms with Crippen LogP contribution in [0, 0.1) is 6.92 Å². The van der Waals surface area contributed by atoms with E-state index in [1.54, 1.807) is 0 Å². The van der Waals surface area contributed by atoms with Crippen molar-refractivity contribution in [3.8, 4) is 5.75 Å². The van der Waals surface area contributed by atoms with Gasteiger partial charge in [0.1, 0.15) is 18.2 Å². The third kappa shape index (κ3) is 2.93. The molecule has 0 saturated heterocycles. The van der Waals surface area contributed by atoms with Gasteiger partial charge >= 0.3 is 0 Å². The highest BCUT2D eigenvalue weighted by Gasteiger charge is 2.16. The maximum atomic E-state index is 6.05. The highest BCUT2D eigenvalue weighted by atomic mass is 16.5. The van der Waals surface area contributed by atoms with Gasteiger partial charge < -0.3 is 15.0 Å². The summed E-state index contributed by atoms with van der Waals surface area (Å²) in [5.74, 6) is 2.95. The van der Waals surface area contributed by atoms with Crippen molar-refractivity contribution in [2.24, 2.45) is 5.73 Å². The molecule has 0 bridgehead atoms. The van der Waals surface area contributed by atoms with E-state index >= 15 is 0 Å². The van der Waals surface area contributed by atoms with E-state index < -0.39 is 0 Å². The van der Waals surface area contributed by atoms with Gasteiger partial charge in [0.2, 0.25) is 0 Å². The Morgan fingerprint density at radius 1 is 1.29 bits per heavy atom. The molecular formula is C16H22N4O. The zero-order chi connectivity index (χ0) is 14.7. The summed E-state index contributed by atoms with van der Waals surface area (Å²) in [7, 11) is 0. The van der Waals surface area contributed by atoms with Crippen molar-refractivity contribution in [3.63, 3.8) is 0 Å². The monoisotopic (exact) mass is 286 g/mol. The van der Waals surface area contributed by atoms with E-state index in [0.717, 1.165) is 47.9 Å². The van der Waals surface area contributed by atoms with E-state index in [2.05, 4.69) is 33.8 Å². The van der Waals surface area contributed by atoms with Crippen LogP contribution in [0.3, 0.4) is 0 Å². The fraction of sp³-hybridized carbons (Fsp3) is 0.500. The van der Waals surface area contributed by atoms with E-state index in [0.29, 0.717) is 13.2 Å². The lowest BCUT2D eigenvalue weighted by Crippen LogP contribution is -2.15. The van der Waals surface area contributed by atoms with Crippen molar-refractivity contribution >= 4 is 0 Å². The molecule has 0 saturated carbocycles. The molecule has 1 aromatic carbocycles. The van der Waals surface area contributed by atoms with Crippen LogP contribution >= 0.6 is 0 Å². The Morgan fingerprint density at radius 2 is 2.19 bits per heavy atom. The third-order valence-corrected chi connectivity index (χ3v) is 3.99. The Morgan fingerprint density at radius 3 is 3.05 bits per heavy atom. The Kier molecular flexibility index (Phi) is 4.20. The lowest BCUT2D eigenvalue weighted by Gasteiger charge is -2.16.